The number of ether oxygens (including phenoxy) is 3. The van der Waals surface area contributed by atoms with Crippen molar-refractivity contribution in [2.24, 2.45) is 10.2 Å². The Morgan fingerprint density at radius 3 is 1.59 bits per heavy atom. The van der Waals surface area contributed by atoms with Crippen molar-refractivity contribution in [3.63, 3.8) is 0 Å². The minimum Gasteiger partial charge on any atom is -0.483 e. The van der Waals surface area contributed by atoms with E-state index in [1.165, 1.54) is 24.8 Å². The highest BCUT2D eigenvalue weighted by molar-refractivity contribution is 6.10. The molecule has 2 unspecified atom stereocenters. The van der Waals surface area contributed by atoms with Crippen LogP contribution in [0, 0.1) is 0 Å². The summed E-state index contributed by atoms with van der Waals surface area (Å²) in [6.45, 7) is 20.9. The van der Waals surface area contributed by atoms with E-state index in [4.69, 9.17) is 24.1 Å². The Bertz CT molecular complexity index is 2010. The fourth-order valence-corrected chi connectivity index (χ4v) is 7.42. The number of anilines is 4. The standard InChI is InChI=1S/C22H31N5O4.C18H24N4O2.C2H4O2/c1-12(2)15-7-18-17(27-13(3)20(28)25-24-19(27)11-30-18)8-16(15)23-14-9-26(10-14)21(29)31-22(4,5)6;1-10(2)13-7-16-15(8-14(13)19-12-5-4-6-12)22-11(3)18(23)21-20-17(22)9-24-16;1-2(3)4/h7-8,12-14,23H,9-11H2,1-6H3,(H,25,28);7-8,10-12,19H,4-6,9H2,1-3H3,(H,21,23);1H3,(H,3,4). The van der Waals surface area contributed by atoms with Gasteiger partial charge in [-0.15, -0.1) is 0 Å². The summed E-state index contributed by atoms with van der Waals surface area (Å²) >= 11 is 0. The number of hydrogen-bond acceptors (Lipinski definition) is 13. The van der Waals surface area contributed by atoms with Gasteiger partial charge in [0.15, 0.2) is 11.7 Å². The average Bonchev–Trinajstić information content (AvgIpc) is 3.12. The number of amidine groups is 2. The van der Waals surface area contributed by atoms with Crippen LogP contribution in [-0.4, -0.2) is 102 Å². The topological polar surface area (TPSA) is 199 Å². The predicted octanol–water partition coefficient (Wildman–Crippen LogP) is 5.77. The number of amides is 3. The zero-order valence-corrected chi connectivity index (χ0v) is 35.8. The number of carbonyl (C=O) groups is 4. The maximum atomic E-state index is 12.2. The van der Waals surface area contributed by atoms with Crippen LogP contribution in [0.15, 0.2) is 34.5 Å². The summed E-state index contributed by atoms with van der Waals surface area (Å²) < 4.78 is 17.3. The minimum atomic E-state index is -0.833. The second-order valence-electron chi connectivity index (χ2n) is 17.3. The van der Waals surface area contributed by atoms with Crippen molar-refractivity contribution >= 4 is 58.3 Å². The Morgan fingerprint density at radius 2 is 1.22 bits per heavy atom. The summed E-state index contributed by atoms with van der Waals surface area (Å²) in [5.41, 5.74) is 10.9. The second kappa shape index (κ2) is 17.2. The van der Waals surface area contributed by atoms with Crippen LogP contribution in [-0.2, 0) is 19.1 Å². The first kappa shape index (κ1) is 42.9. The van der Waals surface area contributed by atoms with E-state index in [0.29, 0.717) is 44.1 Å². The first-order valence-electron chi connectivity index (χ1n) is 20.4. The van der Waals surface area contributed by atoms with Crippen LogP contribution in [0.2, 0.25) is 0 Å². The predicted molar refractivity (Wildman–Crippen MR) is 227 cm³/mol. The first-order valence-corrected chi connectivity index (χ1v) is 20.4. The van der Waals surface area contributed by atoms with Crippen molar-refractivity contribution in [2.75, 3.05) is 46.7 Å². The van der Waals surface area contributed by atoms with Gasteiger partial charge in [0.25, 0.3) is 17.8 Å². The van der Waals surface area contributed by atoms with Crippen LogP contribution in [0.5, 0.6) is 11.5 Å². The molecule has 2 fully saturated rings. The normalized spacial score (nSPS) is 20.6. The maximum Gasteiger partial charge on any atom is 0.410 e. The molecule has 0 radical (unpaired) electrons. The third-order valence-electron chi connectivity index (χ3n) is 10.8. The number of likely N-dealkylation sites (tertiary alicyclic amines) is 1. The smallest absolute Gasteiger partial charge is 0.410 e. The SMILES string of the molecule is CC(=O)O.CC(C)c1cc2c(cc1NC1CCC1)N1C(=NNC(=O)C1C)CO2.CC(C)c1cc2c(cc1NC1CN(C(=O)OC(C)(C)C)C1)N1C(=NNC(=O)C1C)CO2. The molecule has 17 heteroatoms. The van der Waals surface area contributed by atoms with E-state index in [2.05, 4.69) is 71.5 Å². The van der Waals surface area contributed by atoms with Crippen LogP contribution in [0.4, 0.5) is 27.5 Å². The Morgan fingerprint density at radius 1 is 0.797 bits per heavy atom. The summed E-state index contributed by atoms with van der Waals surface area (Å²) in [5.74, 6) is 2.62. The fourth-order valence-electron chi connectivity index (χ4n) is 7.42. The number of nitrogens with one attached hydrogen (secondary N) is 4. The molecule has 8 rings (SSSR count). The van der Waals surface area contributed by atoms with Crippen molar-refractivity contribution in [1.29, 1.82) is 0 Å². The number of fused-ring (bicyclic) bond motifs is 6. The van der Waals surface area contributed by atoms with E-state index < -0.39 is 11.6 Å². The van der Waals surface area contributed by atoms with Crippen molar-refractivity contribution in [3.05, 3.63) is 35.4 Å². The summed E-state index contributed by atoms with van der Waals surface area (Å²) in [4.78, 5) is 51.1. The Balaban J connectivity index is 0.000000187. The fraction of sp³-hybridized carbons (Fsp3) is 0.571. The van der Waals surface area contributed by atoms with Gasteiger partial charge in [0.1, 0.15) is 42.4 Å². The Kier molecular flexibility index (Phi) is 12.5. The summed E-state index contributed by atoms with van der Waals surface area (Å²) in [6, 6.07) is 8.35. The van der Waals surface area contributed by atoms with E-state index in [1.54, 1.807) is 4.90 Å². The number of carboxylic acids is 1. The van der Waals surface area contributed by atoms with E-state index >= 15 is 0 Å². The molecular formula is C42H59N9O8. The van der Waals surface area contributed by atoms with Crippen LogP contribution in [0.1, 0.15) is 111 Å². The van der Waals surface area contributed by atoms with E-state index in [-0.39, 0.29) is 42.0 Å². The molecule has 17 nitrogen and oxygen atoms in total. The molecule has 5 heterocycles. The molecule has 1 saturated heterocycles. The molecule has 6 aliphatic rings. The number of hydrogen-bond donors (Lipinski definition) is 5. The van der Waals surface area contributed by atoms with Crippen molar-refractivity contribution < 1.29 is 38.5 Å². The highest BCUT2D eigenvalue weighted by Crippen LogP contribution is 2.43. The van der Waals surface area contributed by atoms with Gasteiger partial charge in [-0.1, -0.05) is 27.7 Å². The zero-order chi connectivity index (χ0) is 42.9. The van der Waals surface area contributed by atoms with Gasteiger partial charge < -0.3 is 44.7 Å². The van der Waals surface area contributed by atoms with Crippen molar-refractivity contribution in [3.8, 4) is 11.5 Å². The molecule has 5 aliphatic heterocycles. The lowest BCUT2D eigenvalue weighted by Gasteiger charge is -2.42. The van der Waals surface area contributed by atoms with Crippen LogP contribution >= 0.6 is 0 Å². The Labute approximate surface area is 345 Å². The van der Waals surface area contributed by atoms with Crippen molar-refractivity contribution in [1.82, 2.24) is 15.8 Å². The molecule has 320 valence electrons. The molecule has 5 N–H and O–H groups in total. The molecule has 3 amide bonds. The highest BCUT2D eigenvalue weighted by atomic mass is 16.6. The number of aliphatic carboxylic acids is 1. The largest absolute Gasteiger partial charge is 0.483 e. The van der Waals surface area contributed by atoms with Crippen LogP contribution < -0.4 is 40.8 Å². The van der Waals surface area contributed by atoms with Gasteiger partial charge in [-0.05, 0) is 101 Å². The molecule has 0 bridgehead atoms. The number of carboxylic acid groups (broad SMARTS) is 1. The summed E-state index contributed by atoms with van der Waals surface area (Å²) in [5, 5.41) is 23.0. The summed E-state index contributed by atoms with van der Waals surface area (Å²) in [6.07, 6.45) is 3.45. The van der Waals surface area contributed by atoms with E-state index in [0.717, 1.165) is 52.6 Å². The first-order chi connectivity index (χ1) is 27.8. The number of benzene rings is 2. The zero-order valence-electron chi connectivity index (χ0n) is 35.8. The minimum absolute atomic E-state index is 0.0898. The number of rotatable bonds is 6. The molecule has 0 aromatic heterocycles. The third kappa shape index (κ3) is 9.60. The summed E-state index contributed by atoms with van der Waals surface area (Å²) in [7, 11) is 0. The van der Waals surface area contributed by atoms with E-state index in [9.17, 15) is 14.4 Å². The second-order valence-corrected chi connectivity index (χ2v) is 17.3. The average molecular weight is 818 g/mol. The third-order valence-corrected chi connectivity index (χ3v) is 10.8. The number of carbonyl (C=O) groups excluding carboxylic acids is 3. The van der Waals surface area contributed by atoms with Gasteiger partial charge in [-0.25, -0.2) is 15.6 Å². The van der Waals surface area contributed by atoms with Crippen molar-refractivity contribution in [2.45, 2.75) is 130 Å². The molecule has 2 aromatic rings. The quantitative estimate of drug-likeness (QED) is 0.236. The van der Waals surface area contributed by atoms with Gasteiger partial charge in [-0.3, -0.25) is 14.4 Å². The number of nitrogens with zero attached hydrogens (tertiary/aromatic N) is 5. The monoisotopic (exact) mass is 817 g/mol. The highest BCUT2D eigenvalue weighted by Gasteiger charge is 2.39. The van der Waals surface area contributed by atoms with Crippen LogP contribution in [0.25, 0.3) is 0 Å². The molecular weight excluding hydrogens is 759 g/mol. The van der Waals surface area contributed by atoms with Gasteiger partial charge in [0.2, 0.25) is 0 Å². The lowest BCUT2D eigenvalue weighted by molar-refractivity contribution is -0.134. The Hall–Kier alpha value is -5.74. The molecule has 2 atom stereocenters. The molecule has 2 aromatic carbocycles. The lowest BCUT2D eigenvalue weighted by atomic mass is 9.91. The van der Waals surface area contributed by atoms with Gasteiger partial charge in [0, 0.05) is 37.4 Å². The molecule has 1 saturated carbocycles. The lowest BCUT2D eigenvalue weighted by Crippen LogP contribution is -2.58. The van der Waals surface area contributed by atoms with Crippen LogP contribution in [0.3, 0.4) is 0 Å². The maximum absolute atomic E-state index is 12.2. The molecule has 59 heavy (non-hydrogen) atoms. The van der Waals surface area contributed by atoms with Gasteiger partial charge in [-0.2, -0.15) is 10.2 Å². The van der Waals surface area contributed by atoms with Gasteiger partial charge >= 0.3 is 6.09 Å². The molecule has 0 spiro atoms. The molecule has 1 aliphatic carbocycles. The van der Waals surface area contributed by atoms with Gasteiger partial charge in [0.05, 0.1) is 17.4 Å². The number of hydrazone groups is 2. The van der Waals surface area contributed by atoms with E-state index in [1.807, 2.05) is 56.6 Å².